The molecule has 1 aromatic carbocycles. The molecule has 0 aliphatic carbocycles. The van der Waals surface area contributed by atoms with Crippen molar-refractivity contribution in [2.75, 3.05) is 5.32 Å². The van der Waals surface area contributed by atoms with Crippen LogP contribution in [0, 0.1) is 0 Å². The molecule has 0 spiro atoms. The van der Waals surface area contributed by atoms with Crippen LogP contribution < -0.4 is 11.1 Å². The lowest BCUT2D eigenvalue weighted by atomic mass is 10.2. The first kappa shape index (κ1) is 21.2. The molecule has 0 unspecified atom stereocenters. The fourth-order valence-corrected chi connectivity index (χ4v) is 2.48. The Morgan fingerprint density at radius 3 is 2.21 bits per heavy atom. The normalized spacial score (nSPS) is 11.9. The van der Waals surface area contributed by atoms with Gasteiger partial charge in [-0.25, -0.2) is 4.79 Å². The van der Waals surface area contributed by atoms with E-state index in [1.165, 1.54) is 4.68 Å². The van der Waals surface area contributed by atoms with Crippen LogP contribution in [-0.2, 0) is 20.8 Å². The zero-order valence-corrected chi connectivity index (χ0v) is 17.0. The number of anilines is 1. The number of nitrogens with two attached hydrogens (primary N) is 1. The van der Waals surface area contributed by atoms with Crippen molar-refractivity contribution in [2.24, 2.45) is 5.73 Å². The number of fused-ring (bicyclic) bond motifs is 1. The van der Waals surface area contributed by atoms with E-state index in [2.05, 4.69) is 10.4 Å². The van der Waals surface area contributed by atoms with Gasteiger partial charge < -0.3 is 15.2 Å². The van der Waals surface area contributed by atoms with E-state index in [0.29, 0.717) is 16.6 Å². The van der Waals surface area contributed by atoms with Crippen LogP contribution in [-0.4, -0.2) is 39.0 Å². The van der Waals surface area contributed by atoms with E-state index in [1.54, 1.807) is 59.7 Å². The molecule has 2 amide bonds. The highest BCUT2D eigenvalue weighted by Crippen LogP contribution is 2.24. The fourth-order valence-electron chi connectivity index (χ4n) is 2.48. The number of carbonyl (C=O) groups is 3. The Morgan fingerprint density at radius 1 is 1.07 bits per heavy atom. The van der Waals surface area contributed by atoms with E-state index in [4.69, 9.17) is 15.2 Å². The van der Waals surface area contributed by atoms with Crippen LogP contribution in [0.5, 0.6) is 0 Å². The molecular weight excluding hydrogens is 364 g/mol. The van der Waals surface area contributed by atoms with Crippen molar-refractivity contribution in [1.82, 2.24) is 9.78 Å². The van der Waals surface area contributed by atoms with Crippen molar-refractivity contribution in [3.05, 3.63) is 23.9 Å². The van der Waals surface area contributed by atoms with E-state index >= 15 is 0 Å². The van der Waals surface area contributed by atoms with Crippen LogP contribution in [0.1, 0.15) is 52.0 Å². The quantitative estimate of drug-likeness (QED) is 0.773. The van der Waals surface area contributed by atoms with Gasteiger partial charge in [-0.3, -0.25) is 19.6 Å². The molecule has 0 saturated carbocycles. The molecule has 2 aromatic rings. The molecular formula is C19H26N4O5. The Morgan fingerprint density at radius 2 is 1.68 bits per heavy atom. The Labute approximate surface area is 163 Å². The van der Waals surface area contributed by atoms with E-state index in [-0.39, 0.29) is 12.2 Å². The maximum Gasteiger partial charge on any atom is 0.412 e. The summed E-state index contributed by atoms with van der Waals surface area (Å²) < 4.78 is 11.9. The van der Waals surface area contributed by atoms with Crippen LogP contribution >= 0.6 is 0 Å². The predicted octanol–water partition coefficient (Wildman–Crippen LogP) is 2.82. The van der Waals surface area contributed by atoms with Crippen LogP contribution in [0.25, 0.3) is 10.9 Å². The topological polar surface area (TPSA) is 126 Å². The first-order valence-corrected chi connectivity index (χ1v) is 8.77. The van der Waals surface area contributed by atoms with Gasteiger partial charge in [0.1, 0.15) is 17.7 Å². The average molecular weight is 390 g/mol. The smallest absolute Gasteiger partial charge is 0.412 e. The summed E-state index contributed by atoms with van der Waals surface area (Å²) in [7, 11) is 0. The Bertz CT molecular complexity index is 919. The van der Waals surface area contributed by atoms with Crippen molar-refractivity contribution in [3.63, 3.8) is 0 Å². The van der Waals surface area contributed by atoms with E-state index < -0.39 is 29.2 Å². The van der Waals surface area contributed by atoms with Crippen molar-refractivity contribution in [2.45, 2.75) is 59.3 Å². The highest BCUT2D eigenvalue weighted by atomic mass is 16.6. The zero-order valence-electron chi connectivity index (χ0n) is 17.0. The van der Waals surface area contributed by atoms with Gasteiger partial charge in [-0.2, -0.15) is 5.10 Å². The molecule has 2 rings (SSSR count). The number of aromatic nitrogens is 2. The standard InChI is InChI=1S/C19H26N4O5/c1-18(2,3)27-14(24)10-23-13-8-7-11(21-17(26)28-19(4,5)6)9-12(13)15(22-23)16(20)25/h7-9H,10H2,1-6H3,(H2,20,25)(H,21,26). The van der Waals surface area contributed by atoms with Gasteiger partial charge in [0.25, 0.3) is 5.91 Å². The van der Waals surface area contributed by atoms with Crippen molar-refractivity contribution >= 4 is 34.6 Å². The second-order valence-corrected chi connectivity index (χ2v) is 8.32. The highest BCUT2D eigenvalue weighted by Gasteiger charge is 2.21. The molecule has 0 fully saturated rings. The van der Waals surface area contributed by atoms with E-state index in [9.17, 15) is 14.4 Å². The summed E-state index contributed by atoms with van der Waals surface area (Å²) in [5.74, 6) is -1.24. The molecule has 1 aromatic heterocycles. The molecule has 3 N–H and O–H groups in total. The van der Waals surface area contributed by atoms with E-state index in [1.807, 2.05) is 0 Å². The summed E-state index contributed by atoms with van der Waals surface area (Å²) in [6, 6.07) is 4.80. The van der Waals surface area contributed by atoms with Gasteiger partial charge in [-0.15, -0.1) is 0 Å². The number of primary amides is 1. The first-order valence-electron chi connectivity index (χ1n) is 8.77. The number of esters is 1. The summed E-state index contributed by atoms with van der Waals surface area (Å²) in [5.41, 5.74) is 5.03. The second kappa shape index (κ2) is 7.49. The number of amides is 2. The van der Waals surface area contributed by atoms with Crippen molar-refractivity contribution in [1.29, 1.82) is 0 Å². The third kappa shape index (κ3) is 5.70. The van der Waals surface area contributed by atoms with Crippen LogP contribution in [0.2, 0.25) is 0 Å². The van der Waals surface area contributed by atoms with Gasteiger partial charge in [0, 0.05) is 11.1 Å². The Balaban J connectivity index is 2.33. The largest absolute Gasteiger partial charge is 0.459 e. The van der Waals surface area contributed by atoms with Gasteiger partial charge in [-0.05, 0) is 59.7 Å². The molecule has 9 heteroatoms. The summed E-state index contributed by atoms with van der Waals surface area (Å²) in [6.45, 7) is 10.4. The van der Waals surface area contributed by atoms with Gasteiger partial charge in [-0.1, -0.05) is 0 Å². The molecule has 0 bridgehead atoms. The maximum absolute atomic E-state index is 12.1. The van der Waals surface area contributed by atoms with Crippen LogP contribution in [0.4, 0.5) is 10.5 Å². The molecule has 152 valence electrons. The second-order valence-electron chi connectivity index (χ2n) is 8.32. The zero-order chi connectivity index (χ0) is 21.3. The molecule has 0 radical (unpaired) electrons. The van der Waals surface area contributed by atoms with Crippen LogP contribution in [0.15, 0.2) is 18.2 Å². The number of benzene rings is 1. The number of ether oxygens (including phenoxy) is 2. The molecule has 0 aliphatic rings. The van der Waals surface area contributed by atoms with Gasteiger partial charge in [0.05, 0.1) is 5.52 Å². The number of carbonyl (C=O) groups excluding carboxylic acids is 3. The summed E-state index contributed by atoms with van der Waals surface area (Å²) >= 11 is 0. The molecule has 28 heavy (non-hydrogen) atoms. The molecule has 0 atom stereocenters. The van der Waals surface area contributed by atoms with Gasteiger partial charge >= 0.3 is 12.1 Å². The summed E-state index contributed by atoms with van der Waals surface area (Å²) in [5, 5.41) is 7.14. The van der Waals surface area contributed by atoms with Gasteiger partial charge in [0.2, 0.25) is 0 Å². The minimum Gasteiger partial charge on any atom is -0.459 e. The summed E-state index contributed by atoms with van der Waals surface area (Å²) in [4.78, 5) is 35.9. The van der Waals surface area contributed by atoms with Crippen LogP contribution in [0.3, 0.4) is 0 Å². The van der Waals surface area contributed by atoms with Crippen molar-refractivity contribution in [3.8, 4) is 0 Å². The average Bonchev–Trinajstić information content (AvgIpc) is 2.81. The predicted molar refractivity (Wildman–Crippen MR) is 104 cm³/mol. The number of hydrogen-bond donors (Lipinski definition) is 2. The SMILES string of the molecule is CC(C)(C)OC(=O)Cn1nc(C(N)=O)c2cc(NC(=O)OC(C)(C)C)ccc21. The van der Waals surface area contributed by atoms with E-state index in [0.717, 1.165) is 0 Å². The number of hydrogen-bond acceptors (Lipinski definition) is 6. The Hall–Kier alpha value is -3.10. The minimum atomic E-state index is -0.748. The molecule has 0 aliphatic heterocycles. The van der Waals surface area contributed by atoms with Crippen molar-refractivity contribution < 1.29 is 23.9 Å². The third-order valence-corrected chi connectivity index (χ3v) is 3.33. The minimum absolute atomic E-state index is 0.00797. The first-order chi connectivity index (χ1) is 12.7. The number of nitrogens with one attached hydrogen (secondary N) is 1. The van der Waals surface area contributed by atoms with Gasteiger partial charge in [0.15, 0.2) is 5.69 Å². The number of rotatable bonds is 4. The lowest BCUT2D eigenvalue weighted by Crippen LogP contribution is -2.27. The third-order valence-electron chi connectivity index (χ3n) is 3.33. The summed E-state index contributed by atoms with van der Waals surface area (Å²) in [6.07, 6.45) is -0.631. The lowest BCUT2D eigenvalue weighted by molar-refractivity contribution is -0.155. The molecule has 1 heterocycles. The number of nitrogens with zero attached hydrogens (tertiary/aromatic N) is 2. The lowest BCUT2D eigenvalue weighted by Gasteiger charge is -2.19. The Kier molecular flexibility index (Phi) is 5.67. The monoisotopic (exact) mass is 390 g/mol. The molecule has 9 nitrogen and oxygen atoms in total. The fraction of sp³-hybridized carbons (Fsp3) is 0.474. The molecule has 0 saturated heterocycles. The maximum atomic E-state index is 12.1. The highest BCUT2D eigenvalue weighted by molar-refractivity contribution is 6.05.